The maximum Gasteiger partial charge on any atom is 0.160 e. The SMILES string of the molecule is CCCCCC(C)c1cc2nc(N3CCCC3)cc(N(C)CCC)n2n1. The van der Waals surface area contributed by atoms with Crippen LogP contribution >= 0.6 is 0 Å². The van der Waals surface area contributed by atoms with Crippen molar-refractivity contribution < 1.29 is 0 Å². The fraction of sp³-hybridized carbons (Fsp3) is 0.714. The van der Waals surface area contributed by atoms with Crippen LogP contribution in [0.4, 0.5) is 11.6 Å². The molecule has 2 aromatic heterocycles. The smallest absolute Gasteiger partial charge is 0.160 e. The first-order valence-electron chi connectivity index (χ1n) is 10.5. The normalized spacial score (nSPS) is 15.8. The van der Waals surface area contributed by atoms with Gasteiger partial charge in [0, 0.05) is 44.7 Å². The lowest BCUT2D eigenvalue weighted by atomic mass is 10.0. The topological polar surface area (TPSA) is 36.7 Å². The van der Waals surface area contributed by atoms with E-state index >= 15 is 0 Å². The van der Waals surface area contributed by atoms with Gasteiger partial charge in [-0.1, -0.05) is 40.0 Å². The number of hydrogen-bond acceptors (Lipinski definition) is 4. The van der Waals surface area contributed by atoms with Gasteiger partial charge in [0.25, 0.3) is 0 Å². The molecule has 5 nitrogen and oxygen atoms in total. The van der Waals surface area contributed by atoms with E-state index in [4.69, 9.17) is 10.1 Å². The Morgan fingerprint density at radius 2 is 1.88 bits per heavy atom. The maximum atomic E-state index is 4.96. The highest BCUT2D eigenvalue weighted by Gasteiger charge is 2.20. The van der Waals surface area contributed by atoms with Gasteiger partial charge in [0.05, 0.1) is 5.69 Å². The molecule has 144 valence electrons. The Bertz CT molecular complexity index is 702. The van der Waals surface area contributed by atoms with Gasteiger partial charge in [-0.25, -0.2) is 4.98 Å². The molecule has 0 radical (unpaired) electrons. The van der Waals surface area contributed by atoms with Crippen molar-refractivity contribution in [1.29, 1.82) is 0 Å². The lowest BCUT2D eigenvalue weighted by molar-refractivity contribution is 0.584. The first-order chi connectivity index (χ1) is 12.6. The predicted molar refractivity (Wildman–Crippen MR) is 111 cm³/mol. The van der Waals surface area contributed by atoms with Crippen molar-refractivity contribution in [3.63, 3.8) is 0 Å². The third-order valence-electron chi connectivity index (χ3n) is 5.54. The summed E-state index contributed by atoms with van der Waals surface area (Å²) in [6.07, 6.45) is 8.72. The summed E-state index contributed by atoms with van der Waals surface area (Å²) in [5, 5.41) is 4.96. The number of hydrogen-bond donors (Lipinski definition) is 0. The Balaban J connectivity index is 1.94. The summed E-state index contributed by atoms with van der Waals surface area (Å²) in [6.45, 7) is 10.0. The van der Waals surface area contributed by atoms with Crippen molar-refractivity contribution in [3.8, 4) is 0 Å². The van der Waals surface area contributed by atoms with Gasteiger partial charge in [-0.2, -0.15) is 9.61 Å². The van der Waals surface area contributed by atoms with E-state index in [-0.39, 0.29) is 0 Å². The average Bonchev–Trinajstić information content (AvgIpc) is 3.30. The Kier molecular flexibility index (Phi) is 6.38. The zero-order valence-corrected chi connectivity index (χ0v) is 17.0. The summed E-state index contributed by atoms with van der Waals surface area (Å²) >= 11 is 0. The summed E-state index contributed by atoms with van der Waals surface area (Å²) in [5.74, 6) is 2.76. The molecular formula is C21H35N5. The zero-order chi connectivity index (χ0) is 18.5. The fourth-order valence-corrected chi connectivity index (χ4v) is 3.88. The van der Waals surface area contributed by atoms with Crippen LogP contribution in [-0.2, 0) is 0 Å². The number of aromatic nitrogens is 3. The van der Waals surface area contributed by atoms with Gasteiger partial charge in [-0.15, -0.1) is 0 Å². The molecule has 0 amide bonds. The molecule has 0 N–H and O–H groups in total. The number of nitrogens with zero attached hydrogens (tertiary/aromatic N) is 5. The van der Waals surface area contributed by atoms with Crippen LogP contribution in [0.25, 0.3) is 5.65 Å². The van der Waals surface area contributed by atoms with Gasteiger partial charge in [0.2, 0.25) is 0 Å². The van der Waals surface area contributed by atoms with Crippen LogP contribution in [0.1, 0.15) is 77.3 Å². The third kappa shape index (κ3) is 4.13. The van der Waals surface area contributed by atoms with E-state index in [0.29, 0.717) is 5.92 Å². The van der Waals surface area contributed by atoms with E-state index < -0.39 is 0 Å². The van der Waals surface area contributed by atoms with Gasteiger partial charge < -0.3 is 9.80 Å². The van der Waals surface area contributed by atoms with E-state index in [1.54, 1.807) is 0 Å². The molecule has 0 aromatic carbocycles. The first-order valence-corrected chi connectivity index (χ1v) is 10.5. The molecule has 1 aliphatic heterocycles. The average molecular weight is 358 g/mol. The van der Waals surface area contributed by atoms with Gasteiger partial charge in [-0.3, -0.25) is 0 Å². The molecule has 3 rings (SSSR count). The van der Waals surface area contributed by atoms with E-state index in [1.807, 2.05) is 0 Å². The molecule has 1 atom stereocenters. The lowest BCUT2D eigenvalue weighted by Gasteiger charge is -2.23. The Morgan fingerprint density at radius 1 is 1.12 bits per heavy atom. The molecule has 26 heavy (non-hydrogen) atoms. The molecule has 0 spiro atoms. The quantitative estimate of drug-likeness (QED) is 0.601. The number of fused-ring (bicyclic) bond motifs is 1. The highest BCUT2D eigenvalue weighted by molar-refractivity contribution is 5.60. The second-order valence-electron chi connectivity index (χ2n) is 7.82. The number of anilines is 2. The summed E-state index contributed by atoms with van der Waals surface area (Å²) < 4.78 is 2.06. The van der Waals surface area contributed by atoms with Gasteiger partial charge in [0.1, 0.15) is 11.6 Å². The van der Waals surface area contributed by atoms with Crippen molar-refractivity contribution in [1.82, 2.24) is 14.6 Å². The molecule has 1 unspecified atom stereocenters. The van der Waals surface area contributed by atoms with Gasteiger partial charge in [0.15, 0.2) is 5.65 Å². The van der Waals surface area contributed by atoms with Crippen molar-refractivity contribution in [2.75, 3.05) is 36.5 Å². The van der Waals surface area contributed by atoms with Crippen LogP contribution < -0.4 is 9.80 Å². The van der Waals surface area contributed by atoms with E-state index in [9.17, 15) is 0 Å². The first kappa shape index (κ1) is 19.0. The highest BCUT2D eigenvalue weighted by Crippen LogP contribution is 2.28. The zero-order valence-electron chi connectivity index (χ0n) is 17.0. The summed E-state index contributed by atoms with van der Waals surface area (Å²) in [6, 6.07) is 4.44. The second-order valence-corrected chi connectivity index (χ2v) is 7.82. The minimum Gasteiger partial charge on any atom is -0.359 e. The molecule has 1 saturated heterocycles. The molecule has 1 fully saturated rings. The van der Waals surface area contributed by atoms with Crippen LogP contribution in [-0.4, -0.2) is 41.3 Å². The van der Waals surface area contributed by atoms with Crippen molar-refractivity contribution in [3.05, 3.63) is 17.8 Å². The van der Waals surface area contributed by atoms with E-state index in [2.05, 4.69) is 54.3 Å². The van der Waals surface area contributed by atoms with E-state index in [1.165, 1.54) is 44.2 Å². The van der Waals surface area contributed by atoms with Gasteiger partial charge >= 0.3 is 0 Å². The van der Waals surface area contributed by atoms with Crippen LogP contribution in [0.5, 0.6) is 0 Å². The maximum absolute atomic E-state index is 4.96. The molecule has 3 heterocycles. The van der Waals surface area contributed by atoms with Crippen LogP contribution in [0, 0.1) is 0 Å². The molecule has 2 aromatic rings. The van der Waals surface area contributed by atoms with Gasteiger partial charge in [-0.05, 0) is 25.7 Å². The van der Waals surface area contributed by atoms with Crippen molar-refractivity contribution >= 4 is 17.3 Å². The lowest BCUT2D eigenvalue weighted by Crippen LogP contribution is -2.24. The minimum absolute atomic E-state index is 0.489. The molecule has 5 heteroatoms. The molecule has 0 bridgehead atoms. The second kappa shape index (κ2) is 8.74. The third-order valence-corrected chi connectivity index (χ3v) is 5.54. The van der Waals surface area contributed by atoms with Crippen LogP contribution in [0.3, 0.4) is 0 Å². The van der Waals surface area contributed by atoms with Crippen molar-refractivity contribution in [2.45, 2.75) is 71.6 Å². The molecule has 1 aliphatic rings. The van der Waals surface area contributed by atoms with Crippen LogP contribution in [0.2, 0.25) is 0 Å². The monoisotopic (exact) mass is 357 g/mol. The summed E-state index contributed by atoms with van der Waals surface area (Å²) in [5.41, 5.74) is 2.17. The Morgan fingerprint density at radius 3 is 2.58 bits per heavy atom. The fourth-order valence-electron chi connectivity index (χ4n) is 3.88. The van der Waals surface area contributed by atoms with E-state index in [0.717, 1.165) is 43.3 Å². The summed E-state index contributed by atoms with van der Waals surface area (Å²) in [4.78, 5) is 9.69. The Labute approximate surface area is 158 Å². The standard InChI is InChI=1S/C21H35N5/c1-5-7-8-11-17(3)18-15-20-22-19(25-13-9-10-14-25)16-21(26(20)23-18)24(4)12-6-2/h15-17H,5-14H2,1-4H3. The highest BCUT2D eigenvalue weighted by atomic mass is 15.4. The molecule has 0 saturated carbocycles. The summed E-state index contributed by atoms with van der Waals surface area (Å²) in [7, 11) is 2.16. The largest absolute Gasteiger partial charge is 0.359 e. The number of rotatable bonds is 9. The van der Waals surface area contributed by atoms with Crippen molar-refractivity contribution in [2.24, 2.45) is 0 Å². The predicted octanol–water partition coefficient (Wildman–Crippen LogP) is 4.86. The molecule has 0 aliphatic carbocycles. The molecular weight excluding hydrogens is 322 g/mol. The minimum atomic E-state index is 0.489. The number of unbranched alkanes of at least 4 members (excludes halogenated alkanes) is 2. The van der Waals surface area contributed by atoms with Crippen LogP contribution in [0.15, 0.2) is 12.1 Å². The Hall–Kier alpha value is -1.78.